The molecule has 1 aromatic carbocycles. The van der Waals surface area contributed by atoms with E-state index in [9.17, 15) is 4.79 Å². The predicted octanol–water partition coefficient (Wildman–Crippen LogP) is 1.30. The van der Waals surface area contributed by atoms with Crippen LogP contribution in [0.25, 0.3) is 5.70 Å². The van der Waals surface area contributed by atoms with Gasteiger partial charge in [0.15, 0.2) is 11.3 Å². The Labute approximate surface area is 143 Å². The highest BCUT2D eigenvalue weighted by Gasteiger charge is 2.34. The van der Waals surface area contributed by atoms with Crippen molar-refractivity contribution < 1.29 is 4.79 Å². The normalized spacial score (nSPS) is 19.1. The zero-order valence-electron chi connectivity index (χ0n) is 13.2. The number of aromatic amines is 1. The average molecular weight is 339 g/mol. The molecule has 0 saturated heterocycles. The summed E-state index contributed by atoms with van der Waals surface area (Å²) in [5.41, 5.74) is 1.45. The van der Waals surface area contributed by atoms with Crippen molar-refractivity contribution in [1.29, 1.82) is 0 Å². The first kappa shape index (κ1) is 15.0. The van der Waals surface area contributed by atoms with E-state index in [1.165, 1.54) is 0 Å². The molecule has 0 spiro atoms. The number of carbonyl (C=O) groups excluding carboxylic acids is 1. The summed E-state index contributed by atoms with van der Waals surface area (Å²) in [6.07, 6.45) is 2.50. The summed E-state index contributed by atoms with van der Waals surface area (Å²) in [4.78, 5) is 20.7. The van der Waals surface area contributed by atoms with Gasteiger partial charge in [-0.05, 0) is 24.6 Å². The zero-order chi connectivity index (χ0) is 16.5. The summed E-state index contributed by atoms with van der Waals surface area (Å²) >= 11 is 1.55. The number of rotatable bonds is 3. The molecule has 7 heteroatoms. The van der Waals surface area contributed by atoms with E-state index >= 15 is 0 Å². The van der Waals surface area contributed by atoms with Gasteiger partial charge in [0.2, 0.25) is 0 Å². The van der Waals surface area contributed by atoms with Crippen molar-refractivity contribution >= 4 is 28.5 Å². The van der Waals surface area contributed by atoms with Crippen LogP contribution in [0.2, 0.25) is 0 Å². The van der Waals surface area contributed by atoms with Gasteiger partial charge in [0.1, 0.15) is 5.70 Å². The van der Waals surface area contributed by atoms with Crippen molar-refractivity contribution in [3.8, 4) is 0 Å². The summed E-state index contributed by atoms with van der Waals surface area (Å²) in [6.45, 7) is 2.10. The molecule has 2 aliphatic heterocycles. The maximum atomic E-state index is 12.7. The van der Waals surface area contributed by atoms with E-state index in [0.29, 0.717) is 10.9 Å². The fraction of sp³-hybridized carbons (Fsp3) is 0.235. The Morgan fingerprint density at radius 2 is 2.12 bits per heavy atom. The van der Waals surface area contributed by atoms with Crippen LogP contribution in [0.5, 0.6) is 0 Å². The van der Waals surface area contributed by atoms with Gasteiger partial charge >= 0.3 is 0 Å². The van der Waals surface area contributed by atoms with E-state index in [1.54, 1.807) is 16.8 Å². The molecule has 1 atom stereocenters. The van der Waals surface area contributed by atoms with Gasteiger partial charge in [-0.15, -0.1) is 5.10 Å². The standard InChI is InChI=1S/C17H17N5OS/c1-2-10-24-17-20-16(23)14-11-6-3-4-7-12(11)19-15(22(14)21-17)13-8-5-9-18-13/h3-9,15,18H,2,10H2,1H3,(H,20,21,23). The van der Waals surface area contributed by atoms with Crippen molar-refractivity contribution in [3.05, 3.63) is 58.9 Å². The Kier molecular flexibility index (Phi) is 3.86. The number of aromatic nitrogens is 1. The number of nitrogens with zero attached hydrogens (tertiary/aromatic N) is 3. The second kappa shape index (κ2) is 6.16. The second-order valence-corrected chi connectivity index (χ2v) is 6.63. The first-order valence-corrected chi connectivity index (χ1v) is 8.89. The zero-order valence-corrected chi connectivity index (χ0v) is 14.0. The number of H-pyrrole nitrogens is 1. The van der Waals surface area contributed by atoms with Crippen LogP contribution >= 0.6 is 11.8 Å². The van der Waals surface area contributed by atoms with Crippen LogP contribution in [0, 0.1) is 0 Å². The van der Waals surface area contributed by atoms with Crippen LogP contribution in [0.1, 0.15) is 25.2 Å². The number of para-hydroxylation sites is 1. The minimum absolute atomic E-state index is 0.137. The minimum atomic E-state index is -0.367. The van der Waals surface area contributed by atoms with Gasteiger partial charge in [-0.25, -0.2) is 5.01 Å². The molecule has 1 unspecified atom stereocenters. The molecule has 0 bridgehead atoms. The lowest BCUT2D eigenvalue weighted by atomic mass is 10.1. The smallest absolute Gasteiger partial charge is 0.276 e. The molecule has 0 saturated carbocycles. The fourth-order valence-electron chi connectivity index (χ4n) is 2.80. The lowest BCUT2D eigenvalue weighted by Crippen LogP contribution is -2.50. The lowest BCUT2D eigenvalue weighted by molar-refractivity contribution is -0.116. The lowest BCUT2D eigenvalue weighted by Gasteiger charge is -2.33. The molecule has 3 heterocycles. The van der Waals surface area contributed by atoms with E-state index in [2.05, 4.69) is 22.3 Å². The monoisotopic (exact) mass is 339 g/mol. The number of thioether (sulfide) groups is 1. The molecule has 2 N–H and O–H groups in total. The van der Waals surface area contributed by atoms with Crippen LogP contribution in [0.15, 0.2) is 52.7 Å². The van der Waals surface area contributed by atoms with Crippen LogP contribution in [-0.4, -0.2) is 26.8 Å². The quantitative estimate of drug-likeness (QED) is 0.885. The number of hydrogen-bond donors (Lipinski definition) is 2. The Morgan fingerprint density at radius 3 is 2.92 bits per heavy atom. The molecular weight excluding hydrogens is 322 g/mol. The first-order valence-electron chi connectivity index (χ1n) is 7.90. The predicted molar refractivity (Wildman–Crippen MR) is 94.3 cm³/mol. The third kappa shape index (κ3) is 2.50. The molecule has 6 nitrogen and oxygen atoms in total. The van der Waals surface area contributed by atoms with E-state index in [-0.39, 0.29) is 12.1 Å². The third-order valence-electron chi connectivity index (χ3n) is 3.86. The van der Waals surface area contributed by atoms with E-state index in [1.807, 2.05) is 42.6 Å². The second-order valence-electron chi connectivity index (χ2n) is 5.55. The van der Waals surface area contributed by atoms with Gasteiger partial charge < -0.3 is 4.98 Å². The third-order valence-corrected chi connectivity index (χ3v) is 4.93. The molecule has 2 aliphatic rings. The molecule has 0 radical (unpaired) electrons. The molecule has 4 rings (SSSR count). The number of amidine groups is 1. The first-order chi connectivity index (χ1) is 11.8. The molecule has 1 amide bonds. The molecule has 0 fully saturated rings. The summed E-state index contributed by atoms with van der Waals surface area (Å²) in [6, 6.07) is 11.6. The highest BCUT2D eigenvalue weighted by atomic mass is 32.2. The number of nitrogens with one attached hydrogen (secondary N) is 2. The van der Waals surface area contributed by atoms with Crippen molar-refractivity contribution in [1.82, 2.24) is 15.3 Å². The van der Waals surface area contributed by atoms with Gasteiger partial charge in [-0.3, -0.25) is 15.1 Å². The van der Waals surface area contributed by atoms with Crippen LogP contribution in [-0.2, 0) is 4.79 Å². The summed E-state index contributed by atoms with van der Waals surface area (Å²) in [5, 5.41) is 11.5. The van der Waals surface area contributed by atoms with Crippen LogP contribution < -0.4 is 15.9 Å². The SMILES string of the molecule is CCCSC1=NN2C(=c3ccccc3=NC2c2ccc[nH]2)C(=O)N1. The highest BCUT2D eigenvalue weighted by molar-refractivity contribution is 8.13. The van der Waals surface area contributed by atoms with Crippen LogP contribution in [0.3, 0.4) is 0 Å². The van der Waals surface area contributed by atoms with Crippen molar-refractivity contribution in [2.24, 2.45) is 10.1 Å². The summed E-state index contributed by atoms with van der Waals surface area (Å²) in [5.74, 6) is 0.769. The summed E-state index contributed by atoms with van der Waals surface area (Å²) in [7, 11) is 0. The maximum Gasteiger partial charge on any atom is 0.276 e. The number of hydrogen-bond acceptors (Lipinski definition) is 5. The van der Waals surface area contributed by atoms with Gasteiger partial charge in [-0.1, -0.05) is 36.9 Å². The van der Waals surface area contributed by atoms with Crippen molar-refractivity contribution in [2.75, 3.05) is 5.75 Å². The molecule has 24 heavy (non-hydrogen) atoms. The highest BCUT2D eigenvalue weighted by Crippen LogP contribution is 2.29. The Hall–Kier alpha value is -2.54. The molecule has 122 valence electrons. The molecule has 2 aromatic rings. The van der Waals surface area contributed by atoms with Crippen LogP contribution in [0.4, 0.5) is 0 Å². The Bertz CT molecular complexity index is 919. The van der Waals surface area contributed by atoms with E-state index in [4.69, 9.17) is 4.99 Å². The minimum Gasteiger partial charge on any atom is -0.362 e. The molecule has 1 aromatic heterocycles. The largest absolute Gasteiger partial charge is 0.362 e. The van der Waals surface area contributed by atoms with E-state index < -0.39 is 0 Å². The van der Waals surface area contributed by atoms with Gasteiger partial charge in [-0.2, -0.15) is 0 Å². The number of carbonyl (C=O) groups is 1. The van der Waals surface area contributed by atoms with Crippen molar-refractivity contribution in [3.63, 3.8) is 0 Å². The molecular formula is C17H17N5OS. The topological polar surface area (TPSA) is 72.8 Å². The number of amides is 1. The Balaban J connectivity index is 1.89. The summed E-state index contributed by atoms with van der Waals surface area (Å²) < 4.78 is 0. The molecule has 0 aliphatic carbocycles. The average Bonchev–Trinajstić information content (AvgIpc) is 3.13. The number of benzene rings is 1. The number of hydrazone groups is 1. The van der Waals surface area contributed by atoms with E-state index in [0.717, 1.165) is 28.4 Å². The van der Waals surface area contributed by atoms with Crippen molar-refractivity contribution in [2.45, 2.75) is 19.5 Å². The fourth-order valence-corrected chi connectivity index (χ4v) is 3.51. The van der Waals surface area contributed by atoms with Gasteiger partial charge in [0.25, 0.3) is 5.91 Å². The van der Waals surface area contributed by atoms with Gasteiger partial charge in [0.05, 0.1) is 11.1 Å². The maximum absolute atomic E-state index is 12.7. The van der Waals surface area contributed by atoms with Gasteiger partial charge in [0, 0.05) is 17.2 Å². The Morgan fingerprint density at radius 1 is 1.25 bits per heavy atom. The number of fused-ring (bicyclic) bond motifs is 2.